The number of benzene rings is 2. The van der Waals surface area contributed by atoms with Crippen LogP contribution in [-0.4, -0.2) is 6.54 Å². The Hall–Kier alpha value is -1.80. The van der Waals surface area contributed by atoms with Gasteiger partial charge in [-0.3, -0.25) is 0 Å². The second-order valence-corrected chi connectivity index (χ2v) is 4.93. The van der Waals surface area contributed by atoms with E-state index in [9.17, 15) is 0 Å². The van der Waals surface area contributed by atoms with Crippen LogP contribution in [0.5, 0.6) is 0 Å². The first-order valence-corrected chi connectivity index (χ1v) is 6.82. The van der Waals surface area contributed by atoms with Crippen LogP contribution in [0.3, 0.4) is 0 Å². The topological polar surface area (TPSA) is 29.3 Å². The molecule has 0 saturated carbocycles. The van der Waals surface area contributed by atoms with Gasteiger partial charge in [-0.25, -0.2) is 0 Å². The maximum atomic E-state index is 6.09. The van der Waals surface area contributed by atoms with E-state index in [4.69, 9.17) is 5.73 Å². The van der Waals surface area contributed by atoms with Crippen molar-refractivity contribution in [3.05, 3.63) is 59.7 Å². The molecule has 0 unspecified atom stereocenters. The molecule has 0 bridgehead atoms. The lowest BCUT2D eigenvalue weighted by Gasteiger charge is -2.27. The van der Waals surface area contributed by atoms with E-state index in [0.717, 1.165) is 6.54 Å². The van der Waals surface area contributed by atoms with Crippen LogP contribution in [0.2, 0.25) is 0 Å². The molecule has 0 fully saturated rings. The zero-order valence-corrected chi connectivity index (χ0v) is 11.9. The highest BCUT2D eigenvalue weighted by Crippen LogP contribution is 2.31. The zero-order valence-electron chi connectivity index (χ0n) is 11.9. The van der Waals surface area contributed by atoms with Crippen LogP contribution < -0.4 is 10.6 Å². The van der Waals surface area contributed by atoms with Crippen LogP contribution in [0.1, 0.15) is 31.0 Å². The van der Waals surface area contributed by atoms with Crippen LogP contribution in [0.4, 0.5) is 11.4 Å². The first-order chi connectivity index (χ1) is 9.13. The van der Waals surface area contributed by atoms with Gasteiger partial charge in [-0.15, -0.1) is 0 Å². The van der Waals surface area contributed by atoms with Gasteiger partial charge in [-0.2, -0.15) is 0 Å². The van der Waals surface area contributed by atoms with Gasteiger partial charge in [0.1, 0.15) is 0 Å². The van der Waals surface area contributed by atoms with Crippen molar-refractivity contribution in [3.8, 4) is 0 Å². The van der Waals surface area contributed by atoms with Crippen LogP contribution in [0, 0.1) is 6.92 Å². The third-order valence-electron chi connectivity index (χ3n) is 3.35. The Kier molecular flexibility index (Phi) is 4.23. The fraction of sp³-hybridized carbons (Fsp3) is 0.294. The lowest BCUT2D eigenvalue weighted by atomic mass is 10.0. The number of nitrogens with zero attached hydrogens (tertiary/aromatic N) is 1. The molecule has 0 amide bonds. The van der Waals surface area contributed by atoms with E-state index in [2.05, 4.69) is 61.2 Å². The highest BCUT2D eigenvalue weighted by Gasteiger charge is 2.13. The molecular formula is C17H22N2. The number of hydrogen-bond acceptors (Lipinski definition) is 2. The first kappa shape index (κ1) is 13.6. The summed E-state index contributed by atoms with van der Waals surface area (Å²) in [5.74, 6) is 0. The second-order valence-electron chi connectivity index (χ2n) is 4.93. The second kappa shape index (κ2) is 5.89. The molecule has 0 spiro atoms. The summed E-state index contributed by atoms with van der Waals surface area (Å²) in [6.07, 6.45) is 0. The Balaban J connectivity index is 2.48. The minimum Gasteiger partial charge on any atom is -0.341 e. The Morgan fingerprint density at radius 1 is 1.11 bits per heavy atom. The first-order valence-electron chi connectivity index (χ1n) is 6.82. The molecule has 2 aromatic carbocycles. The van der Waals surface area contributed by atoms with Crippen molar-refractivity contribution < 1.29 is 0 Å². The summed E-state index contributed by atoms with van der Waals surface area (Å²) in [5.41, 5.74) is 11.0. The number of para-hydroxylation sites is 1. The Bertz CT molecular complexity index is 546. The molecule has 2 rings (SSSR count). The highest BCUT2D eigenvalue weighted by atomic mass is 15.1. The molecule has 0 aliphatic heterocycles. The van der Waals surface area contributed by atoms with Gasteiger partial charge in [0, 0.05) is 24.0 Å². The SMILES string of the molecule is CCN(c1cccc(C)c1)c1ccccc1[C@@H](C)N. The maximum absolute atomic E-state index is 6.09. The summed E-state index contributed by atoms with van der Waals surface area (Å²) >= 11 is 0. The summed E-state index contributed by atoms with van der Waals surface area (Å²) < 4.78 is 0. The Morgan fingerprint density at radius 3 is 2.47 bits per heavy atom. The minimum absolute atomic E-state index is 0.0371. The molecule has 0 heterocycles. The molecule has 2 aromatic rings. The monoisotopic (exact) mass is 254 g/mol. The van der Waals surface area contributed by atoms with Crippen molar-refractivity contribution in [2.45, 2.75) is 26.8 Å². The average Bonchev–Trinajstić information content (AvgIpc) is 2.40. The molecule has 1 atom stereocenters. The van der Waals surface area contributed by atoms with Gasteiger partial charge in [-0.05, 0) is 50.1 Å². The summed E-state index contributed by atoms with van der Waals surface area (Å²) in [6, 6.07) is 17.0. The number of aryl methyl sites for hydroxylation is 1. The van der Waals surface area contributed by atoms with E-state index in [-0.39, 0.29) is 6.04 Å². The van der Waals surface area contributed by atoms with Crippen molar-refractivity contribution in [3.63, 3.8) is 0 Å². The molecule has 0 aromatic heterocycles. The molecule has 100 valence electrons. The van der Waals surface area contributed by atoms with Crippen molar-refractivity contribution in [2.24, 2.45) is 5.73 Å². The number of anilines is 2. The number of hydrogen-bond donors (Lipinski definition) is 1. The Labute approximate surface area is 115 Å². The van der Waals surface area contributed by atoms with Gasteiger partial charge in [0.15, 0.2) is 0 Å². The standard InChI is InChI=1S/C17H22N2/c1-4-19(15-9-7-8-13(2)12-15)17-11-6-5-10-16(17)14(3)18/h5-12,14H,4,18H2,1-3H3/t14-/m1/s1. The van der Waals surface area contributed by atoms with Gasteiger partial charge in [0.05, 0.1) is 0 Å². The average molecular weight is 254 g/mol. The smallest absolute Gasteiger partial charge is 0.0458 e. The van der Waals surface area contributed by atoms with Gasteiger partial charge >= 0.3 is 0 Å². The quantitative estimate of drug-likeness (QED) is 0.887. The van der Waals surface area contributed by atoms with Crippen LogP contribution >= 0.6 is 0 Å². The molecule has 2 nitrogen and oxygen atoms in total. The van der Waals surface area contributed by atoms with Crippen molar-refractivity contribution >= 4 is 11.4 Å². The van der Waals surface area contributed by atoms with Crippen molar-refractivity contribution in [1.82, 2.24) is 0 Å². The molecule has 0 aliphatic carbocycles. The molecular weight excluding hydrogens is 232 g/mol. The normalized spacial score (nSPS) is 12.2. The molecule has 2 N–H and O–H groups in total. The fourth-order valence-electron chi connectivity index (χ4n) is 2.41. The van der Waals surface area contributed by atoms with E-state index in [1.807, 2.05) is 13.0 Å². The summed E-state index contributed by atoms with van der Waals surface area (Å²) in [5, 5.41) is 0. The van der Waals surface area contributed by atoms with E-state index < -0.39 is 0 Å². The number of nitrogens with two attached hydrogens (primary N) is 1. The van der Waals surface area contributed by atoms with E-state index in [1.165, 1.54) is 22.5 Å². The molecule has 0 aliphatic rings. The zero-order chi connectivity index (χ0) is 13.8. The third-order valence-corrected chi connectivity index (χ3v) is 3.35. The Morgan fingerprint density at radius 2 is 1.84 bits per heavy atom. The highest BCUT2D eigenvalue weighted by molar-refractivity contribution is 5.67. The summed E-state index contributed by atoms with van der Waals surface area (Å²) in [7, 11) is 0. The summed E-state index contributed by atoms with van der Waals surface area (Å²) in [6.45, 7) is 7.24. The lowest BCUT2D eigenvalue weighted by Crippen LogP contribution is -2.20. The van der Waals surface area contributed by atoms with Gasteiger partial charge < -0.3 is 10.6 Å². The van der Waals surface area contributed by atoms with Crippen LogP contribution in [0.25, 0.3) is 0 Å². The fourth-order valence-corrected chi connectivity index (χ4v) is 2.41. The van der Waals surface area contributed by atoms with Crippen molar-refractivity contribution in [2.75, 3.05) is 11.4 Å². The predicted molar refractivity (Wildman–Crippen MR) is 82.9 cm³/mol. The van der Waals surface area contributed by atoms with Gasteiger partial charge in [0.25, 0.3) is 0 Å². The van der Waals surface area contributed by atoms with Gasteiger partial charge in [0.2, 0.25) is 0 Å². The van der Waals surface area contributed by atoms with Crippen LogP contribution in [-0.2, 0) is 0 Å². The third kappa shape index (κ3) is 2.96. The molecule has 2 heteroatoms. The molecule has 0 radical (unpaired) electrons. The molecule has 19 heavy (non-hydrogen) atoms. The maximum Gasteiger partial charge on any atom is 0.0458 e. The largest absolute Gasteiger partial charge is 0.341 e. The minimum atomic E-state index is 0.0371. The summed E-state index contributed by atoms with van der Waals surface area (Å²) in [4.78, 5) is 2.31. The van der Waals surface area contributed by atoms with E-state index in [1.54, 1.807) is 0 Å². The van der Waals surface area contributed by atoms with E-state index >= 15 is 0 Å². The van der Waals surface area contributed by atoms with E-state index in [0.29, 0.717) is 0 Å². The molecule has 0 saturated heterocycles. The number of rotatable bonds is 4. The van der Waals surface area contributed by atoms with Gasteiger partial charge in [-0.1, -0.05) is 30.3 Å². The lowest BCUT2D eigenvalue weighted by molar-refractivity contribution is 0.811. The van der Waals surface area contributed by atoms with Crippen molar-refractivity contribution in [1.29, 1.82) is 0 Å². The van der Waals surface area contributed by atoms with Crippen LogP contribution in [0.15, 0.2) is 48.5 Å². The predicted octanol–water partition coefficient (Wildman–Crippen LogP) is 4.17.